The van der Waals surface area contributed by atoms with Crippen LogP contribution >= 0.6 is 0 Å². The number of aryl methyl sites for hydroxylation is 1. The van der Waals surface area contributed by atoms with E-state index in [0.717, 1.165) is 17.2 Å². The zero-order valence-corrected chi connectivity index (χ0v) is 11.2. The molecule has 2 aromatic rings. The largest absolute Gasteiger partial charge is 0.377 e. The Bertz CT molecular complexity index is 592. The molecule has 0 bridgehead atoms. The first kappa shape index (κ1) is 13.8. The SMILES string of the molecule is CCOC(CN)CCn1ccc2ccccc2c1=O. The highest BCUT2D eigenvalue weighted by atomic mass is 16.5. The number of ether oxygens (including phenoxy) is 1. The van der Waals surface area contributed by atoms with Crippen LogP contribution in [0.5, 0.6) is 0 Å². The third-order valence-electron chi connectivity index (χ3n) is 3.24. The van der Waals surface area contributed by atoms with E-state index in [2.05, 4.69) is 0 Å². The Kier molecular flexibility index (Phi) is 4.71. The number of hydrogen-bond acceptors (Lipinski definition) is 3. The zero-order chi connectivity index (χ0) is 13.7. The van der Waals surface area contributed by atoms with Crippen LogP contribution in [0.2, 0.25) is 0 Å². The fourth-order valence-corrected chi connectivity index (χ4v) is 2.19. The summed E-state index contributed by atoms with van der Waals surface area (Å²) in [7, 11) is 0. The molecule has 0 spiro atoms. The molecule has 1 aromatic carbocycles. The van der Waals surface area contributed by atoms with E-state index in [-0.39, 0.29) is 11.7 Å². The maximum atomic E-state index is 12.3. The summed E-state index contributed by atoms with van der Waals surface area (Å²) in [5.74, 6) is 0. The van der Waals surface area contributed by atoms with E-state index >= 15 is 0 Å². The Morgan fingerprint density at radius 1 is 1.32 bits per heavy atom. The van der Waals surface area contributed by atoms with Gasteiger partial charge in [-0.3, -0.25) is 4.79 Å². The third-order valence-corrected chi connectivity index (χ3v) is 3.24. The van der Waals surface area contributed by atoms with Crippen molar-refractivity contribution in [2.24, 2.45) is 5.73 Å². The van der Waals surface area contributed by atoms with Gasteiger partial charge in [0.1, 0.15) is 0 Å². The minimum Gasteiger partial charge on any atom is -0.377 e. The lowest BCUT2D eigenvalue weighted by atomic mass is 10.1. The normalized spacial score (nSPS) is 12.7. The summed E-state index contributed by atoms with van der Waals surface area (Å²) in [5, 5.41) is 1.73. The lowest BCUT2D eigenvalue weighted by Crippen LogP contribution is -2.28. The second-order valence-electron chi connectivity index (χ2n) is 4.50. The second kappa shape index (κ2) is 6.50. The van der Waals surface area contributed by atoms with Gasteiger partial charge in [0.15, 0.2) is 0 Å². The van der Waals surface area contributed by atoms with E-state index < -0.39 is 0 Å². The van der Waals surface area contributed by atoms with E-state index in [1.165, 1.54) is 0 Å². The van der Waals surface area contributed by atoms with Gasteiger partial charge in [0.05, 0.1) is 6.10 Å². The summed E-state index contributed by atoms with van der Waals surface area (Å²) >= 11 is 0. The predicted molar refractivity (Wildman–Crippen MR) is 77.3 cm³/mol. The van der Waals surface area contributed by atoms with Crippen LogP contribution in [0.4, 0.5) is 0 Å². The van der Waals surface area contributed by atoms with E-state index in [1.807, 2.05) is 43.5 Å². The number of nitrogens with zero attached hydrogens (tertiary/aromatic N) is 1. The average molecular weight is 260 g/mol. The van der Waals surface area contributed by atoms with Crippen molar-refractivity contribution < 1.29 is 4.74 Å². The Balaban J connectivity index is 2.17. The molecule has 19 heavy (non-hydrogen) atoms. The first-order valence-corrected chi connectivity index (χ1v) is 6.66. The third kappa shape index (κ3) is 3.22. The average Bonchev–Trinajstić information content (AvgIpc) is 2.45. The molecule has 0 aliphatic heterocycles. The number of nitrogens with two attached hydrogens (primary N) is 1. The molecule has 1 aromatic heterocycles. The van der Waals surface area contributed by atoms with Crippen LogP contribution in [0.1, 0.15) is 13.3 Å². The van der Waals surface area contributed by atoms with Crippen molar-refractivity contribution in [1.82, 2.24) is 4.57 Å². The molecular weight excluding hydrogens is 240 g/mol. The van der Waals surface area contributed by atoms with Gasteiger partial charge in [0.25, 0.3) is 5.56 Å². The number of fused-ring (bicyclic) bond motifs is 1. The smallest absolute Gasteiger partial charge is 0.258 e. The van der Waals surface area contributed by atoms with Crippen LogP contribution in [0.25, 0.3) is 10.8 Å². The van der Waals surface area contributed by atoms with Crippen molar-refractivity contribution in [1.29, 1.82) is 0 Å². The highest BCUT2D eigenvalue weighted by molar-refractivity contribution is 5.81. The summed E-state index contributed by atoms with van der Waals surface area (Å²) in [6.45, 7) is 3.71. The number of rotatable bonds is 6. The lowest BCUT2D eigenvalue weighted by molar-refractivity contribution is 0.0597. The molecule has 102 valence electrons. The fraction of sp³-hybridized carbons (Fsp3) is 0.400. The molecule has 0 amide bonds. The van der Waals surface area contributed by atoms with Gasteiger partial charge in [-0.25, -0.2) is 0 Å². The summed E-state index contributed by atoms with van der Waals surface area (Å²) in [6.07, 6.45) is 2.61. The lowest BCUT2D eigenvalue weighted by Gasteiger charge is -2.15. The summed E-state index contributed by atoms with van der Waals surface area (Å²) in [4.78, 5) is 12.3. The minimum atomic E-state index is 0.0170. The molecule has 0 radical (unpaired) electrons. The maximum absolute atomic E-state index is 12.3. The van der Waals surface area contributed by atoms with Crippen LogP contribution in [-0.2, 0) is 11.3 Å². The van der Waals surface area contributed by atoms with Crippen molar-refractivity contribution in [3.05, 3.63) is 46.9 Å². The van der Waals surface area contributed by atoms with Gasteiger partial charge in [-0.05, 0) is 30.9 Å². The van der Waals surface area contributed by atoms with E-state index in [1.54, 1.807) is 4.57 Å². The molecule has 0 aliphatic carbocycles. The molecule has 4 nitrogen and oxygen atoms in total. The highest BCUT2D eigenvalue weighted by Crippen LogP contribution is 2.08. The van der Waals surface area contributed by atoms with Crippen molar-refractivity contribution in [3.63, 3.8) is 0 Å². The molecule has 0 saturated heterocycles. The standard InChI is InChI=1S/C15H20N2O2/c1-2-19-13(11-16)8-10-17-9-7-12-5-3-4-6-14(12)15(17)18/h3-7,9,13H,2,8,10-11,16H2,1H3. The van der Waals surface area contributed by atoms with Crippen LogP contribution in [0.15, 0.2) is 41.3 Å². The number of hydrogen-bond donors (Lipinski definition) is 1. The van der Waals surface area contributed by atoms with Crippen molar-refractivity contribution in [2.45, 2.75) is 26.0 Å². The maximum Gasteiger partial charge on any atom is 0.258 e. The Morgan fingerprint density at radius 2 is 2.11 bits per heavy atom. The van der Waals surface area contributed by atoms with Gasteiger partial charge in [0, 0.05) is 31.3 Å². The van der Waals surface area contributed by atoms with Gasteiger partial charge >= 0.3 is 0 Å². The van der Waals surface area contributed by atoms with Gasteiger partial charge in [-0.2, -0.15) is 0 Å². The quantitative estimate of drug-likeness (QED) is 0.861. The van der Waals surface area contributed by atoms with Crippen molar-refractivity contribution in [2.75, 3.05) is 13.2 Å². The number of benzene rings is 1. The zero-order valence-electron chi connectivity index (χ0n) is 11.2. The van der Waals surface area contributed by atoms with Crippen LogP contribution in [-0.4, -0.2) is 23.8 Å². The first-order valence-electron chi connectivity index (χ1n) is 6.66. The van der Waals surface area contributed by atoms with Gasteiger partial charge in [0.2, 0.25) is 0 Å². The molecule has 1 heterocycles. The fourth-order valence-electron chi connectivity index (χ4n) is 2.19. The minimum absolute atomic E-state index is 0.0170. The monoisotopic (exact) mass is 260 g/mol. The molecule has 0 aliphatic rings. The van der Waals surface area contributed by atoms with E-state index in [9.17, 15) is 4.79 Å². The highest BCUT2D eigenvalue weighted by Gasteiger charge is 2.07. The molecular formula is C15H20N2O2. The predicted octanol–water partition coefficient (Wildman–Crippen LogP) is 1.76. The van der Waals surface area contributed by atoms with Gasteiger partial charge < -0.3 is 15.0 Å². The van der Waals surface area contributed by atoms with Crippen LogP contribution in [0, 0.1) is 0 Å². The first-order chi connectivity index (χ1) is 9.26. The Morgan fingerprint density at radius 3 is 2.84 bits per heavy atom. The molecule has 4 heteroatoms. The topological polar surface area (TPSA) is 57.2 Å². The second-order valence-corrected chi connectivity index (χ2v) is 4.50. The number of aromatic nitrogens is 1. The van der Waals surface area contributed by atoms with Crippen molar-refractivity contribution >= 4 is 10.8 Å². The van der Waals surface area contributed by atoms with Crippen LogP contribution in [0.3, 0.4) is 0 Å². The summed E-state index contributed by atoms with van der Waals surface area (Å²) in [6, 6.07) is 9.60. The molecule has 2 rings (SSSR count). The molecule has 1 atom stereocenters. The Labute approximate surface area is 112 Å². The van der Waals surface area contributed by atoms with E-state index in [4.69, 9.17) is 10.5 Å². The molecule has 0 fully saturated rings. The van der Waals surface area contributed by atoms with E-state index in [0.29, 0.717) is 19.7 Å². The number of pyridine rings is 1. The molecule has 0 saturated carbocycles. The molecule has 1 unspecified atom stereocenters. The van der Waals surface area contributed by atoms with Crippen molar-refractivity contribution in [3.8, 4) is 0 Å². The molecule has 2 N–H and O–H groups in total. The van der Waals surface area contributed by atoms with Crippen LogP contribution < -0.4 is 11.3 Å². The van der Waals surface area contributed by atoms with Gasteiger partial charge in [-0.15, -0.1) is 0 Å². The summed E-state index contributed by atoms with van der Waals surface area (Å²) in [5.41, 5.74) is 5.69. The van der Waals surface area contributed by atoms with Gasteiger partial charge in [-0.1, -0.05) is 18.2 Å². The summed E-state index contributed by atoms with van der Waals surface area (Å²) < 4.78 is 7.23. The Hall–Kier alpha value is -1.65.